The third-order valence-corrected chi connectivity index (χ3v) is 3.31. The minimum absolute atomic E-state index is 0.408. The zero-order valence-electron chi connectivity index (χ0n) is 9.57. The lowest BCUT2D eigenvalue weighted by atomic mass is 9.73. The SMILES string of the molecule is CCCC(NC)C(C)(C)C(C)C. The van der Waals surface area contributed by atoms with E-state index in [1.165, 1.54) is 12.8 Å². The van der Waals surface area contributed by atoms with E-state index in [4.69, 9.17) is 0 Å². The highest BCUT2D eigenvalue weighted by atomic mass is 14.9. The molecule has 0 fully saturated rings. The van der Waals surface area contributed by atoms with Crippen molar-refractivity contribution in [2.24, 2.45) is 11.3 Å². The van der Waals surface area contributed by atoms with Gasteiger partial charge in [-0.3, -0.25) is 0 Å². The van der Waals surface area contributed by atoms with E-state index in [1.807, 2.05) is 0 Å². The van der Waals surface area contributed by atoms with Crippen LogP contribution in [0.5, 0.6) is 0 Å². The standard InChI is InChI=1S/C11H25N/c1-7-8-10(12-6)11(4,5)9(2)3/h9-10,12H,7-8H2,1-6H3. The van der Waals surface area contributed by atoms with E-state index in [0.717, 1.165) is 5.92 Å². The predicted molar refractivity (Wildman–Crippen MR) is 56.4 cm³/mol. The van der Waals surface area contributed by atoms with Crippen LogP contribution < -0.4 is 5.32 Å². The lowest BCUT2D eigenvalue weighted by Crippen LogP contribution is -2.43. The van der Waals surface area contributed by atoms with Gasteiger partial charge in [-0.2, -0.15) is 0 Å². The van der Waals surface area contributed by atoms with E-state index < -0.39 is 0 Å². The molecule has 1 nitrogen and oxygen atoms in total. The molecule has 12 heavy (non-hydrogen) atoms. The molecular weight excluding hydrogens is 146 g/mol. The van der Waals surface area contributed by atoms with E-state index in [1.54, 1.807) is 0 Å². The fourth-order valence-electron chi connectivity index (χ4n) is 1.58. The van der Waals surface area contributed by atoms with Crippen LogP contribution in [0.4, 0.5) is 0 Å². The van der Waals surface area contributed by atoms with Crippen LogP contribution in [0.3, 0.4) is 0 Å². The first-order valence-electron chi connectivity index (χ1n) is 5.14. The molecule has 1 atom stereocenters. The fourth-order valence-corrected chi connectivity index (χ4v) is 1.58. The predicted octanol–water partition coefficient (Wildman–Crippen LogP) is 3.06. The van der Waals surface area contributed by atoms with Crippen molar-refractivity contribution in [3.8, 4) is 0 Å². The second-order valence-electron chi connectivity index (χ2n) is 4.61. The molecule has 0 aromatic rings. The van der Waals surface area contributed by atoms with Gasteiger partial charge >= 0.3 is 0 Å². The van der Waals surface area contributed by atoms with Gasteiger partial charge in [0.15, 0.2) is 0 Å². The van der Waals surface area contributed by atoms with Crippen LogP contribution >= 0.6 is 0 Å². The summed E-state index contributed by atoms with van der Waals surface area (Å²) in [6.45, 7) is 11.6. The van der Waals surface area contributed by atoms with Crippen LogP contribution in [0.2, 0.25) is 0 Å². The highest BCUT2D eigenvalue weighted by molar-refractivity contribution is 4.85. The first-order valence-corrected chi connectivity index (χ1v) is 5.14. The maximum Gasteiger partial charge on any atom is 0.0118 e. The highest BCUT2D eigenvalue weighted by Crippen LogP contribution is 2.32. The summed E-state index contributed by atoms with van der Waals surface area (Å²) < 4.78 is 0. The fraction of sp³-hybridized carbons (Fsp3) is 1.00. The summed E-state index contributed by atoms with van der Waals surface area (Å²) in [5.74, 6) is 0.737. The van der Waals surface area contributed by atoms with E-state index in [9.17, 15) is 0 Å². The van der Waals surface area contributed by atoms with Gasteiger partial charge < -0.3 is 5.32 Å². The normalized spacial score (nSPS) is 15.2. The van der Waals surface area contributed by atoms with E-state index >= 15 is 0 Å². The monoisotopic (exact) mass is 171 g/mol. The molecule has 0 aliphatic heterocycles. The minimum Gasteiger partial charge on any atom is -0.316 e. The van der Waals surface area contributed by atoms with Crippen LogP contribution in [0.25, 0.3) is 0 Å². The number of hydrogen-bond donors (Lipinski definition) is 1. The zero-order valence-corrected chi connectivity index (χ0v) is 9.57. The Balaban J connectivity index is 4.25. The number of rotatable bonds is 5. The Morgan fingerprint density at radius 2 is 1.75 bits per heavy atom. The highest BCUT2D eigenvalue weighted by Gasteiger charge is 2.30. The maximum absolute atomic E-state index is 3.42. The Kier molecular flexibility index (Phi) is 4.84. The van der Waals surface area contributed by atoms with Gasteiger partial charge in [0.2, 0.25) is 0 Å². The molecule has 0 aliphatic rings. The molecule has 74 valence electrons. The van der Waals surface area contributed by atoms with Crippen molar-refractivity contribution in [1.82, 2.24) is 5.32 Å². The van der Waals surface area contributed by atoms with Crippen molar-refractivity contribution in [1.29, 1.82) is 0 Å². The molecule has 0 saturated carbocycles. The van der Waals surface area contributed by atoms with E-state index in [0.29, 0.717) is 11.5 Å². The van der Waals surface area contributed by atoms with Gasteiger partial charge in [0, 0.05) is 6.04 Å². The molecule has 0 amide bonds. The molecule has 0 heterocycles. The van der Waals surface area contributed by atoms with Crippen LogP contribution in [0, 0.1) is 11.3 Å². The molecule has 1 N–H and O–H groups in total. The average Bonchev–Trinajstić information content (AvgIpc) is 1.99. The van der Waals surface area contributed by atoms with Crippen LogP contribution in [0.15, 0.2) is 0 Å². The van der Waals surface area contributed by atoms with Gasteiger partial charge in [-0.25, -0.2) is 0 Å². The Morgan fingerprint density at radius 3 is 2.00 bits per heavy atom. The van der Waals surface area contributed by atoms with Crippen LogP contribution in [0.1, 0.15) is 47.5 Å². The minimum atomic E-state index is 0.408. The van der Waals surface area contributed by atoms with Crippen LogP contribution in [-0.4, -0.2) is 13.1 Å². The van der Waals surface area contributed by atoms with Gasteiger partial charge in [0.05, 0.1) is 0 Å². The van der Waals surface area contributed by atoms with Crippen molar-refractivity contribution >= 4 is 0 Å². The smallest absolute Gasteiger partial charge is 0.0118 e. The third kappa shape index (κ3) is 2.78. The number of hydrogen-bond acceptors (Lipinski definition) is 1. The first kappa shape index (κ1) is 12.0. The molecule has 0 radical (unpaired) electrons. The molecule has 0 spiro atoms. The summed E-state index contributed by atoms with van der Waals surface area (Å²) >= 11 is 0. The second-order valence-corrected chi connectivity index (χ2v) is 4.61. The summed E-state index contributed by atoms with van der Waals surface area (Å²) in [4.78, 5) is 0. The van der Waals surface area contributed by atoms with Crippen LogP contribution in [-0.2, 0) is 0 Å². The van der Waals surface area contributed by atoms with E-state index in [-0.39, 0.29) is 0 Å². The molecular formula is C11H25N. The molecule has 0 rings (SSSR count). The summed E-state index contributed by atoms with van der Waals surface area (Å²) in [6.07, 6.45) is 2.54. The molecule has 0 aromatic carbocycles. The van der Waals surface area contributed by atoms with Crippen molar-refractivity contribution in [2.75, 3.05) is 7.05 Å². The van der Waals surface area contributed by atoms with Gasteiger partial charge in [-0.1, -0.05) is 41.0 Å². The zero-order chi connectivity index (χ0) is 9.78. The van der Waals surface area contributed by atoms with Crippen molar-refractivity contribution < 1.29 is 0 Å². The lowest BCUT2D eigenvalue weighted by Gasteiger charge is -2.38. The molecule has 1 heteroatoms. The van der Waals surface area contributed by atoms with E-state index in [2.05, 4.69) is 47.0 Å². The molecule has 1 unspecified atom stereocenters. The summed E-state index contributed by atoms with van der Waals surface area (Å²) in [5.41, 5.74) is 0.408. The van der Waals surface area contributed by atoms with Gasteiger partial charge in [-0.15, -0.1) is 0 Å². The topological polar surface area (TPSA) is 12.0 Å². The quantitative estimate of drug-likeness (QED) is 0.670. The lowest BCUT2D eigenvalue weighted by molar-refractivity contribution is 0.163. The Hall–Kier alpha value is -0.0400. The maximum atomic E-state index is 3.42. The largest absolute Gasteiger partial charge is 0.316 e. The van der Waals surface area contributed by atoms with Gasteiger partial charge in [0.1, 0.15) is 0 Å². The van der Waals surface area contributed by atoms with Gasteiger partial charge in [0.25, 0.3) is 0 Å². The third-order valence-electron chi connectivity index (χ3n) is 3.31. The summed E-state index contributed by atoms with van der Waals surface area (Å²) in [7, 11) is 2.07. The molecule has 0 aromatic heterocycles. The molecule has 0 saturated heterocycles. The van der Waals surface area contributed by atoms with Crippen molar-refractivity contribution in [2.45, 2.75) is 53.5 Å². The number of nitrogens with one attached hydrogen (secondary N) is 1. The van der Waals surface area contributed by atoms with Crippen molar-refractivity contribution in [3.63, 3.8) is 0 Å². The Bertz CT molecular complexity index is 116. The van der Waals surface area contributed by atoms with Crippen molar-refractivity contribution in [3.05, 3.63) is 0 Å². The summed E-state index contributed by atoms with van der Waals surface area (Å²) in [6, 6.07) is 0.655. The molecule has 0 bridgehead atoms. The Labute approximate surface area is 77.9 Å². The Morgan fingerprint density at radius 1 is 1.25 bits per heavy atom. The average molecular weight is 171 g/mol. The summed E-state index contributed by atoms with van der Waals surface area (Å²) in [5, 5.41) is 3.42. The molecule has 0 aliphatic carbocycles. The second kappa shape index (κ2) is 4.86. The first-order chi connectivity index (χ1) is 5.46. The van der Waals surface area contributed by atoms with Gasteiger partial charge in [-0.05, 0) is 24.8 Å².